The number of carbonyl (C=O) groups is 1. The first-order valence-corrected chi connectivity index (χ1v) is 7.98. The Morgan fingerprint density at radius 3 is 2.15 bits per heavy atom. The molecule has 0 saturated heterocycles. The summed E-state index contributed by atoms with van der Waals surface area (Å²) in [4.78, 5) is 11.2. The highest BCUT2D eigenvalue weighted by atomic mass is 16.3. The highest BCUT2D eigenvalue weighted by molar-refractivity contribution is 5.96. The van der Waals surface area contributed by atoms with Gasteiger partial charge in [-0.25, -0.2) is 0 Å². The molecule has 20 heavy (non-hydrogen) atoms. The smallest absolute Gasteiger partial charge is 0.163 e. The molecule has 0 aliphatic rings. The Bertz CT molecular complexity index is 410. The number of phenols is 1. The SMILES string of the molecule is CCCCCCCCCCc1ccc(C(C)=O)c(O)c1. The summed E-state index contributed by atoms with van der Waals surface area (Å²) in [6.07, 6.45) is 11.4. The van der Waals surface area contributed by atoms with E-state index in [0.29, 0.717) is 5.56 Å². The molecular weight excluding hydrogens is 248 g/mol. The molecule has 0 aromatic heterocycles. The number of phenolic OH excluding ortho intramolecular Hbond substituents is 1. The van der Waals surface area contributed by atoms with Crippen molar-refractivity contribution in [1.29, 1.82) is 0 Å². The lowest BCUT2D eigenvalue weighted by Crippen LogP contribution is -1.94. The van der Waals surface area contributed by atoms with Gasteiger partial charge in [-0.2, -0.15) is 0 Å². The summed E-state index contributed by atoms with van der Waals surface area (Å²) in [5, 5.41) is 9.76. The van der Waals surface area contributed by atoms with Gasteiger partial charge >= 0.3 is 0 Å². The summed E-state index contributed by atoms with van der Waals surface area (Å²) < 4.78 is 0. The Morgan fingerprint density at radius 2 is 1.60 bits per heavy atom. The van der Waals surface area contributed by atoms with Crippen LogP contribution in [-0.4, -0.2) is 10.9 Å². The molecule has 2 heteroatoms. The predicted octanol–water partition coefficient (Wildman–Crippen LogP) is 5.28. The zero-order chi connectivity index (χ0) is 14.8. The van der Waals surface area contributed by atoms with Crippen molar-refractivity contribution in [1.82, 2.24) is 0 Å². The van der Waals surface area contributed by atoms with E-state index in [1.54, 1.807) is 12.1 Å². The number of ketones is 1. The van der Waals surface area contributed by atoms with Crippen LogP contribution in [0.3, 0.4) is 0 Å². The Morgan fingerprint density at radius 1 is 1.00 bits per heavy atom. The maximum absolute atomic E-state index is 11.2. The first-order valence-electron chi connectivity index (χ1n) is 7.98. The summed E-state index contributed by atoms with van der Waals surface area (Å²) in [5.41, 5.74) is 1.54. The van der Waals surface area contributed by atoms with Crippen molar-refractivity contribution in [3.05, 3.63) is 29.3 Å². The summed E-state index contributed by atoms with van der Waals surface area (Å²) >= 11 is 0. The number of rotatable bonds is 10. The summed E-state index contributed by atoms with van der Waals surface area (Å²) in [6, 6.07) is 5.42. The fourth-order valence-electron chi connectivity index (χ4n) is 2.49. The van der Waals surface area contributed by atoms with Gasteiger partial charge in [0.05, 0.1) is 5.56 Å². The van der Waals surface area contributed by atoms with Crippen molar-refractivity contribution in [2.75, 3.05) is 0 Å². The van der Waals surface area contributed by atoms with Crippen LogP contribution in [-0.2, 0) is 6.42 Å². The molecule has 1 aromatic carbocycles. The number of unbranched alkanes of at least 4 members (excludes halogenated alkanes) is 7. The van der Waals surface area contributed by atoms with Crippen molar-refractivity contribution in [3.63, 3.8) is 0 Å². The quantitative estimate of drug-likeness (QED) is 0.466. The van der Waals surface area contributed by atoms with E-state index >= 15 is 0 Å². The predicted molar refractivity (Wildman–Crippen MR) is 84.4 cm³/mol. The van der Waals surface area contributed by atoms with Gasteiger partial charge in [-0.3, -0.25) is 4.79 Å². The number of hydrogen-bond donors (Lipinski definition) is 1. The van der Waals surface area contributed by atoms with Crippen LogP contribution in [0.1, 0.15) is 81.1 Å². The second kappa shape index (κ2) is 9.57. The number of Topliss-reactive ketones (excluding diaryl/α,β-unsaturated/α-hetero) is 1. The van der Waals surface area contributed by atoms with E-state index in [4.69, 9.17) is 0 Å². The van der Waals surface area contributed by atoms with Crippen LogP contribution >= 0.6 is 0 Å². The normalized spacial score (nSPS) is 10.7. The van der Waals surface area contributed by atoms with Crippen LogP contribution in [0.4, 0.5) is 0 Å². The maximum Gasteiger partial charge on any atom is 0.163 e. The molecule has 0 bridgehead atoms. The van der Waals surface area contributed by atoms with Gasteiger partial charge in [-0.05, 0) is 37.5 Å². The van der Waals surface area contributed by atoms with E-state index in [1.165, 1.54) is 51.9 Å². The number of aromatic hydroxyl groups is 1. The highest BCUT2D eigenvalue weighted by Gasteiger charge is 2.06. The Hall–Kier alpha value is -1.31. The molecule has 1 N–H and O–H groups in total. The minimum atomic E-state index is -0.0823. The summed E-state index contributed by atoms with van der Waals surface area (Å²) in [6.45, 7) is 3.72. The Kier molecular flexibility index (Phi) is 8.01. The van der Waals surface area contributed by atoms with Gasteiger partial charge in [0.1, 0.15) is 5.75 Å². The average molecular weight is 276 g/mol. The Balaban J connectivity index is 2.19. The van der Waals surface area contributed by atoms with E-state index < -0.39 is 0 Å². The third kappa shape index (κ3) is 6.23. The van der Waals surface area contributed by atoms with Gasteiger partial charge in [0.25, 0.3) is 0 Å². The molecule has 0 radical (unpaired) electrons. The van der Waals surface area contributed by atoms with Gasteiger partial charge in [0.2, 0.25) is 0 Å². The molecule has 1 rings (SSSR count). The summed E-state index contributed by atoms with van der Waals surface area (Å²) in [5.74, 6) is 0.0377. The van der Waals surface area contributed by atoms with E-state index in [2.05, 4.69) is 6.92 Å². The molecule has 2 nitrogen and oxygen atoms in total. The van der Waals surface area contributed by atoms with Gasteiger partial charge in [-0.15, -0.1) is 0 Å². The topological polar surface area (TPSA) is 37.3 Å². The first-order chi connectivity index (χ1) is 9.65. The molecule has 0 fully saturated rings. The third-order valence-electron chi connectivity index (χ3n) is 3.76. The van der Waals surface area contributed by atoms with Crippen LogP contribution in [0, 0.1) is 0 Å². The lowest BCUT2D eigenvalue weighted by Gasteiger charge is -2.05. The molecule has 112 valence electrons. The van der Waals surface area contributed by atoms with Crippen molar-refractivity contribution >= 4 is 5.78 Å². The molecular formula is C18H28O2. The van der Waals surface area contributed by atoms with Gasteiger partial charge in [-0.1, -0.05) is 57.9 Å². The molecule has 0 atom stereocenters. The zero-order valence-corrected chi connectivity index (χ0v) is 13.0. The highest BCUT2D eigenvalue weighted by Crippen LogP contribution is 2.21. The standard InChI is InChI=1S/C18H28O2/c1-3-4-5-6-7-8-9-10-11-16-12-13-17(15(2)19)18(20)14-16/h12-14,20H,3-11H2,1-2H3. The van der Waals surface area contributed by atoms with Crippen LogP contribution in [0.2, 0.25) is 0 Å². The molecule has 0 saturated carbocycles. The zero-order valence-electron chi connectivity index (χ0n) is 13.0. The van der Waals surface area contributed by atoms with E-state index in [-0.39, 0.29) is 11.5 Å². The molecule has 1 aromatic rings. The molecule has 0 amide bonds. The molecule has 0 spiro atoms. The van der Waals surface area contributed by atoms with E-state index in [1.807, 2.05) is 6.07 Å². The molecule has 0 aliphatic carbocycles. The van der Waals surface area contributed by atoms with Crippen molar-refractivity contribution < 1.29 is 9.90 Å². The fourth-order valence-corrected chi connectivity index (χ4v) is 2.49. The monoisotopic (exact) mass is 276 g/mol. The number of hydrogen-bond acceptors (Lipinski definition) is 2. The largest absolute Gasteiger partial charge is 0.507 e. The summed E-state index contributed by atoms with van der Waals surface area (Å²) in [7, 11) is 0. The van der Waals surface area contributed by atoms with Crippen LogP contribution < -0.4 is 0 Å². The number of aryl methyl sites for hydroxylation is 1. The maximum atomic E-state index is 11.2. The van der Waals surface area contributed by atoms with Crippen LogP contribution in [0.25, 0.3) is 0 Å². The van der Waals surface area contributed by atoms with Crippen molar-refractivity contribution in [3.8, 4) is 5.75 Å². The molecule has 0 aliphatic heterocycles. The van der Waals surface area contributed by atoms with Gasteiger partial charge in [0, 0.05) is 0 Å². The number of carbonyl (C=O) groups excluding carboxylic acids is 1. The number of benzene rings is 1. The van der Waals surface area contributed by atoms with Crippen LogP contribution in [0.15, 0.2) is 18.2 Å². The van der Waals surface area contributed by atoms with Crippen LogP contribution in [0.5, 0.6) is 5.75 Å². The van der Waals surface area contributed by atoms with Crippen molar-refractivity contribution in [2.24, 2.45) is 0 Å². The Labute approximate surface area is 123 Å². The van der Waals surface area contributed by atoms with Crippen molar-refractivity contribution in [2.45, 2.75) is 71.6 Å². The minimum Gasteiger partial charge on any atom is -0.507 e. The van der Waals surface area contributed by atoms with E-state index in [9.17, 15) is 9.90 Å². The lowest BCUT2D eigenvalue weighted by atomic mass is 10.0. The third-order valence-corrected chi connectivity index (χ3v) is 3.76. The first kappa shape index (κ1) is 16.7. The second-order valence-corrected chi connectivity index (χ2v) is 5.63. The minimum absolute atomic E-state index is 0.0823. The van der Waals surface area contributed by atoms with Gasteiger partial charge in [0.15, 0.2) is 5.78 Å². The lowest BCUT2D eigenvalue weighted by molar-refractivity contribution is 0.101. The fraction of sp³-hybridized carbons (Fsp3) is 0.611. The molecule has 0 unspecified atom stereocenters. The molecule has 0 heterocycles. The second-order valence-electron chi connectivity index (χ2n) is 5.63. The van der Waals surface area contributed by atoms with Gasteiger partial charge < -0.3 is 5.11 Å². The van der Waals surface area contributed by atoms with E-state index in [0.717, 1.165) is 18.4 Å². The average Bonchev–Trinajstić information content (AvgIpc) is 2.41.